The molecule has 3 saturated heterocycles. The molecule has 8 nitrogen and oxygen atoms in total. The summed E-state index contributed by atoms with van der Waals surface area (Å²) in [7, 11) is 3.73. The number of likely N-dealkylation sites (tertiary alicyclic amines) is 1. The molecule has 1 aromatic rings. The third-order valence-electron chi connectivity index (χ3n) is 7.32. The maximum atomic E-state index is 13.3. The van der Waals surface area contributed by atoms with Crippen molar-refractivity contribution in [3.8, 4) is 5.88 Å². The number of amides is 2. The van der Waals surface area contributed by atoms with E-state index in [4.69, 9.17) is 4.74 Å². The minimum absolute atomic E-state index is 0.0235. The molecular weight excluding hydrogens is 418 g/mol. The number of hydrogen-bond acceptors (Lipinski definition) is 6. The predicted octanol–water partition coefficient (Wildman–Crippen LogP) is 1.89. The molecule has 33 heavy (non-hydrogen) atoms. The summed E-state index contributed by atoms with van der Waals surface area (Å²) in [5.74, 6) is 0.762. The molecule has 2 atom stereocenters. The van der Waals surface area contributed by atoms with Crippen molar-refractivity contribution in [2.24, 2.45) is 5.41 Å². The summed E-state index contributed by atoms with van der Waals surface area (Å²) < 4.78 is 5.23. The maximum Gasteiger partial charge on any atom is 0.243 e. The molecule has 0 aromatic carbocycles. The van der Waals surface area contributed by atoms with Gasteiger partial charge >= 0.3 is 0 Å². The molecule has 0 aliphatic carbocycles. The Hall–Kier alpha value is -2.19. The van der Waals surface area contributed by atoms with Crippen LogP contribution in [-0.4, -0.2) is 89.5 Å². The van der Waals surface area contributed by atoms with Crippen molar-refractivity contribution >= 4 is 11.8 Å². The van der Waals surface area contributed by atoms with Crippen LogP contribution in [0.4, 0.5) is 0 Å². The molecule has 1 N–H and O–H groups in total. The van der Waals surface area contributed by atoms with E-state index >= 15 is 0 Å². The van der Waals surface area contributed by atoms with Crippen molar-refractivity contribution in [3.63, 3.8) is 0 Å². The lowest BCUT2D eigenvalue weighted by Gasteiger charge is -2.41. The zero-order valence-corrected chi connectivity index (χ0v) is 20.8. The van der Waals surface area contributed by atoms with Gasteiger partial charge in [0, 0.05) is 44.8 Å². The number of nitrogens with zero attached hydrogens (tertiary/aromatic N) is 4. The Bertz CT molecular complexity index is 847. The van der Waals surface area contributed by atoms with Crippen LogP contribution in [0.2, 0.25) is 0 Å². The minimum Gasteiger partial charge on any atom is -0.481 e. The van der Waals surface area contributed by atoms with E-state index in [1.165, 1.54) is 0 Å². The zero-order valence-electron chi connectivity index (χ0n) is 20.8. The van der Waals surface area contributed by atoms with Gasteiger partial charge in [-0.2, -0.15) is 0 Å². The lowest BCUT2D eigenvalue weighted by Crippen LogP contribution is -2.56. The van der Waals surface area contributed by atoms with Crippen LogP contribution in [-0.2, 0) is 16.1 Å². The quantitative estimate of drug-likeness (QED) is 0.728. The number of piperidine rings is 1. The molecule has 182 valence electrons. The first-order chi connectivity index (χ1) is 15.6. The summed E-state index contributed by atoms with van der Waals surface area (Å²) in [5.41, 5.74) is 0.723. The van der Waals surface area contributed by atoms with Gasteiger partial charge in [0.15, 0.2) is 0 Å². The summed E-state index contributed by atoms with van der Waals surface area (Å²) in [6, 6.07) is 5.69. The largest absolute Gasteiger partial charge is 0.481 e. The molecular formula is C25H39N5O3. The van der Waals surface area contributed by atoms with Crippen molar-refractivity contribution in [2.45, 2.75) is 70.6 Å². The van der Waals surface area contributed by atoms with Gasteiger partial charge in [-0.1, -0.05) is 26.8 Å². The fourth-order valence-corrected chi connectivity index (χ4v) is 5.64. The Labute approximate surface area is 197 Å². The highest BCUT2D eigenvalue weighted by Crippen LogP contribution is 2.34. The number of likely N-dealkylation sites (N-methyl/N-ethyl adjacent to an activating group) is 1. The van der Waals surface area contributed by atoms with Gasteiger partial charge in [0.2, 0.25) is 17.7 Å². The molecule has 0 radical (unpaired) electrons. The molecule has 4 heterocycles. The first-order valence-corrected chi connectivity index (χ1v) is 12.1. The second kappa shape index (κ2) is 9.22. The Morgan fingerprint density at radius 3 is 2.64 bits per heavy atom. The summed E-state index contributed by atoms with van der Waals surface area (Å²) in [4.78, 5) is 37.6. The number of rotatable bonds is 5. The van der Waals surface area contributed by atoms with E-state index in [0.29, 0.717) is 25.3 Å². The number of fused-ring (bicyclic) bond motifs is 1. The summed E-state index contributed by atoms with van der Waals surface area (Å²) in [6.07, 6.45) is 2.68. The third kappa shape index (κ3) is 5.49. The maximum absolute atomic E-state index is 13.3. The second-order valence-corrected chi connectivity index (χ2v) is 11.3. The van der Waals surface area contributed by atoms with Crippen LogP contribution in [0.1, 0.15) is 52.1 Å². The molecule has 1 spiro atoms. The predicted molar refractivity (Wildman–Crippen MR) is 127 cm³/mol. The lowest BCUT2D eigenvalue weighted by atomic mass is 9.84. The molecule has 8 heteroatoms. The van der Waals surface area contributed by atoms with Crippen molar-refractivity contribution in [1.29, 1.82) is 0 Å². The topological polar surface area (TPSA) is 78.0 Å². The normalized spacial score (nSPS) is 25.8. The first kappa shape index (κ1) is 24.0. The number of nitrogens with one attached hydrogen (secondary N) is 1. The van der Waals surface area contributed by atoms with Gasteiger partial charge < -0.3 is 19.9 Å². The second-order valence-electron chi connectivity index (χ2n) is 11.3. The first-order valence-electron chi connectivity index (χ1n) is 12.1. The van der Waals surface area contributed by atoms with Gasteiger partial charge in [0.05, 0.1) is 24.8 Å². The van der Waals surface area contributed by atoms with Crippen LogP contribution in [0.25, 0.3) is 0 Å². The van der Waals surface area contributed by atoms with E-state index in [9.17, 15) is 9.59 Å². The summed E-state index contributed by atoms with van der Waals surface area (Å²) in [6.45, 7) is 10.6. The molecule has 1 aromatic heterocycles. The average Bonchev–Trinajstić information content (AvgIpc) is 3.17. The van der Waals surface area contributed by atoms with E-state index in [1.807, 2.05) is 23.1 Å². The molecule has 0 bridgehead atoms. The van der Waals surface area contributed by atoms with Gasteiger partial charge in [-0.25, -0.2) is 4.98 Å². The van der Waals surface area contributed by atoms with Gasteiger partial charge in [-0.05, 0) is 37.8 Å². The molecule has 4 rings (SSSR count). The Kier molecular flexibility index (Phi) is 6.69. The van der Waals surface area contributed by atoms with Crippen LogP contribution in [0.5, 0.6) is 5.88 Å². The number of pyridine rings is 1. The molecule has 3 aliphatic rings. The molecule has 2 amide bonds. The van der Waals surface area contributed by atoms with E-state index in [2.05, 4.69) is 47.9 Å². The van der Waals surface area contributed by atoms with Gasteiger partial charge in [-0.3, -0.25) is 14.5 Å². The van der Waals surface area contributed by atoms with E-state index in [0.717, 1.165) is 44.7 Å². The highest BCUT2D eigenvalue weighted by atomic mass is 16.5. The van der Waals surface area contributed by atoms with Crippen molar-refractivity contribution in [1.82, 2.24) is 25.0 Å². The highest BCUT2D eigenvalue weighted by molar-refractivity contribution is 5.92. The highest BCUT2D eigenvalue weighted by Gasteiger charge is 2.49. The summed E-state index contributed by atoms with van der Waals surface area (Å²) in [5, 5.41) is 3.32. The minimum atomic E-state index is -0.427. The number of hydrogen-bond donors (Lipinski definition) is 1. The lowest BCUT2D eigenvalue weighted by molar-refractivity contribution is -0.135. The van der Waals surface area contributed by atoms with Gasteiger partial charge in [0.25, 0.3) is 0 Å². The molecule has 0 saturated carbocycles. The van der Waals surface area contributed by atoms with Crippen LogP contribution in [0.3, 0.4) is 0 Å². The van der Waals surface area contributed by atoms with Crippen LogP contribution in [0, 0.1) is 5.41 Å². The smallest absolute Gasteiger partial charge is 0.243 e. The number of carbonyl (C=O) groups excluding carboxylic acids is 2. The Morgan fingerprint density at radius 1 is 1.24 bits per heavy atom. The van der Waals surface area contributed by atoms with Gasteiger partial charge in [0.1, 0.15) is 6.04 Å². The van der Waals surface area contributed by atoms with Gasteiger partial charge in [-0.15, -0.1) is 0 Å². The van der Waals surface area contributed by atoms with E-state index in [-0.39, 0.29) is 29.3 Å². The van der Waals surface area contributed by atoms with Crippen LogP contribution >= 0.6 is 0 Å². The van der Waals surface area contributed by atoms with Crippen molar-refractivity contribution in [2.75, 3.05) is 40.3 Å². The SMILES string of the molecule is COc1cccc(CN2CCC3(CC2)CC(=O)N2C[C@@H](N(C)CC(C)(C)C)C[C@H]2C(=O)N3)n1. The van der Waals surface area contributed by atoms with E-state index in [1.54, 1.807) is 7.11 Å². The molecule has 3 fully saturated rings. The fourth-order valence-electron chi connectivity index (χ4n) is 5.64. The molecule has 3 aliphatic heterocycles. The van der Waals surface area contributed by atoms with Crippen molar-refractivity contribution in [3.05, 3.63) is 23.9 Å². The number of methoxy groups -OCH3 is 1. The fraction of sp³-hybridized carbons (Fsp3) is 0.720. The third-order valence-corrected chi connectivity index (χ3v) is 7.32. The van der Waals surface area contributed by atoms with E-state index < -0.39 is 5.54 Å². The van der Waals surface area contributed by atoms with Crippen LogP contribution < -0.4 is 10.1 Å². The number of carbonyl (C=O) groups is 2. The van der Waals surface area contributed by atoms with Crippen LogP contribution in [0.15, 0.2) is 18.2 Å². The number of aromatic nitrogens is 1. The average molecular weight is 458 g/mol. The monoisotopic (exact) mass is 457 g/mol. The Morgan fingerprint density at radius 2 is 1.97 bits per heavy atom. The zero-order chi connectivity index (χ0) is 23.8. The molecule has 0 unspecified atom stereocenters. The Balaban J connectivity index is 1.37. The standard InChI is InChI=1S/C25H39N5O3/c1-24(2,3)17-28(4)19-13-20-23(32)27-25(14-22(31)30(20)16-19)9-11-29(12-10-25)15-18-7-6-8-21(26-18)33-5/h6-8,19-20H,9-17H2,1-5H3,(H,27,32)/t19-,20-/m0/s1. The summed E-state index contributed by atoms with van der Waals surface area (Å²) >= 11 is 0. The number of ether oxygens (including phenoxy) is 1. The van der Waals surface area contributed by atoms with Crippen molar-refractivity contribution < 1.29 is 14.3 Å².